The summed E-state index contributed by atoms with van der Waals surface area (Å²) in [5.41, 5.74) is -0.0493. The van der Waals surface area contributed by atoms with Gasteiger partial charge in [-0.05, 0) is 30.3 Å². The highest BCUT2D eigenvalue weighted by atomic mass is 32.2. The maximum absolute atomic E-state index is 11.9. The summed E-state index contributed by atoms with van der Waals surface area (Å²) in [6.07, 6.45) is 0. The van der Waals surface area contributed by atoms with Crippen LogP contribution in [-0.4, -0.2) is 43.0 Å². The van der Waals surface area contributed by atoms with Crippen LogP contribution in [0.15, 0.2) is 53.4 Å². The van der Waals surface area contributed by atoms with Crippen molar-refractivity contribution in [1.82, 2.24) is 5.32 Å². The molecule has 0 saturated heterocycles. The predicted octanol–water partition coefficient (Wildman–Crippen LogP) is 2.47. The normalized spacial score (nSPS) is 10.1. The lowest BCUT2D eigenvalue weighted by molar-refractivity contribution is -0.124. The number of phenolic OH excluding ortho intramolecular Hbond substituents is 1. The molecule has 0 spiro atoms. The van der Waals surface area contributed by atoms with Crippen LogP contribution < -0.4 is 10.1 Å². The van der Waals surface area contributed by atoms with Crippen LogP contribution in [0.4, 0.5) is 0 Å². The number of benzene rings is 2. The highest BCUT2D eigenvalue weighted by Crippen LogP contribution is 2.23. The minimum atomic E-state index is -0.787. The van der Waals surface area contributed by atoms with E-state index in [1.54, 1.807) is 11.8 Å². The second kappa shape index (κ2) is 9.58. The lowest BCUT2D eigenvalue weighted by atomic mass is 10.2. The van der Waals surface area contributed by atoms with Crippen LogP contribution in [0.1, 0.15) is 10.4 Å². The molecule has 0 saturated carbocycles. The average molecular weight is 361 g/mol. The van der Waals surface area contributed by atoms with Crippen LogP contribution in [0.3, 0.4) is 0 Å². The summed E-state index contributed by atoms with van der Waals surface area (Å²) in [5, 5.41) is 12.4. The molecule has 6 nitrogen and oxygen atoms in total. The molecule has 0 heterocycles. The Bertz CT molecular complexity index is 721. The molecule has 132 valence electrons. The fraction of sp³-hybridized carbons (Fsp3) is 0.222. The van der Waals surface area contributed by atoms with Gasteiger partial charge < -0.3 is 19.9 Å². The lowest BCUT2D eigenvalue weighted by Crippen LogP contribution is -2.30. The third-order valence-corrected chi connectivity index (χ3v) is 4.21. The Morgan fingerprint density at radius 2 is 1.92 bits per heavy atom. The van der Waals surface area contributed by atoms with Gasteiger partial charge >= 0.3 is 5.97 Å². The van der Waals surface area contributed by atoms with Crippen molar-refractivity contribution in [3.63, 3.8) is 0 Å². The van der Waals surface area contributed by atoms with Crippen molar-refractivity contribution in [2.45, 2.75) is 4.90 Å². The molecule has 2 rings (SSSR count). The van der Waals surface area contributed by atoms with E-state index in [2.05, 4.69) is 5.32 Å². The molecule has 0 aliphatic carbocycles. The maximum atomic E-state index is 11.9. The number of hydrogen-bond donors (Lipinski definition) is 2. The van der Waals surface area contributed by atoms with E-state index in [1.807, 2.05) is 30.3 Å². The lowest BCUT2D eigenvalue weighted by Gasteiger charge is -2.08. The average Bonchev–Trinajstić information content (AvgIpc) is 2.64. The Hall–Kier alpha value is -2.67. The fourth-order valence-electron chi connectivity index (χ4n) is 1.94. The number of amides is 1. The van der Waals surface area contributed by atoms with Gasteiger partial charge in [0.2, 0.25) is 0 Å². The van der Waals surface area contributed by atoms with Gasteiger partial charge in [-0.25, -0.2) is 4.79 Å². The van der Waals surface area contributed by atoms with Gasteiger partial charge in [0.05, 0.1) is 7.11 Å². The van der Waals surface area contributed by atoms with E-state index in [4.69, 9.17) is 9.47 Å². The summed E-state index contributed by atoms with van der Waals surface area (Å²) in [4.78, 5) is 24.8. The minimum Gasteiger partial charge on any atom is -0.507 e. The summed E-state index contributed by atoms with van der Waals surface area (Å²) >= 11 is 1.62. The Morgan fingerprint density at radius 1 is 1.16 bits per heavy atom. The van der Waals surface area contributed by atoms with Crippen molar-refractivity contribution >= 4 is 23.6 Å². The van der Waals surface area contributed by atoms with Gasteiger partial charge in [-0.3, -0.25) is 4.79 Å². The minimum absolute atomic E-state index is 0.0493. The molecule has 2 N–H and O–H groups in total. The van der Waals surface area contributed by atoms with Gasteiger partial charge in [0.25, 0.3) is 5.91 Å². The molecular formula is C18H19NO5S. The van der Waals surface area contributed by atoms with Crippen LogP contribution in [0.2, 0.25) is 0 Å². The van der Waals surface area contributed by atoms with Gasteiger partial charge in [0.1, 0.15) is 17.1 Å². The first-order valence-electron chi connectivity index (χ1n) is 7.59. The first kappa shape index (κ1) is 18.7. The molecule has 0 fully saturated rings. The Balaban J connectivity index is 1.71. The standard InChI is InChI=1S/C18H19NO5S/c1-23-13-7-8-16(20)15(11-13)18(22)24-12-17(21)19-9-10-25-14-5-3-2-4-6-14/h2-8,11,20H,9-10,12H2,1H3,(H,19,21). The quantitative estimate of drug-likeness (QED) is 0.427. The van der Waals surface area contributed by atoms with Gasteiger partial charge in [0.15, 0.2) is 6.61 Å². The first-order valence-corrected chi connectivity index (χ1v) is 8.57. The Labute approximate surface area is 150 Å². The number of methoxy groups -OCH3 is 1. The smallest absolute Gasteiger partial charge is 0.342 e. The molecule has 2 aromatic rings. The topological polar surface area (TPSA) is 84.9 Å². The van der Waals surface area contributed by atoms with Crippen molar-refractivity contribution in [3.05, 3.63) is 54.1 Å². The molecule has 7 heteroatoms. The molecule has 0 radical (unpaired) electrons. The molecule has 0 unspecified atom stereocenters. The van der Waals surface area contributed by atoms with E-state index < -0.39 is 18.5 Å². The number of aromatic hydroxyl groups is 1. The number of carbonyl (C=O) groups is 2. The van der Waals surface area contributed by atoms with Crippen molar-refractivity contribution in [1.29, 1.82) is 0 Å². The number of ether oxygens (including phenoxy) is 2. The molecule has 1 amide bonds. The number of phenols is 1. The van der Waals surface area contributed by atoms with Crippen LogP contribution in [0.5, 0.6) is 11.5 Å². The van der Waals surface area contributed by atoms with Crippen molar-refractivity contribution in [2.75, 3.05) is 26.0 Å². The van der Waals surface area contributed by atoms with Crippen LogP contribution in [0.25, 0.3) is 0 Å². The van der Waals surface area contributed by atoms with E-state index in [1.165, 1.54) is 25.3 Å². The highest BCUT2D eigenvalue weighted by Gasteiger charge is 2.15. The third-order valence-electron chi connectivity index (χ3n) is 3.19. The number of nitrogens with one attached hydrogen (secondary N) is 1. The van der Waals surface area contributed by atoms with Crippen molar-refractivity contribution in [3.8, 4) is 11.5 Å². The zero-order valence-electron chi connectivity index (χ0n) is 13.7. The Kier molecular flexibility index (Phi) is 7.16. The summed E-state index contributed by atoms with van der Waals surface area (Å²) in [7, 11) is 1.45. The van der Waals surface area contributed by atoms with Gasteiger partial charge in [-0.2, -0.15) is 0 Å². The molecule has 0 atom stereocenters. The van der Waals surface area contributed by atoms with Crippen LogP contribution in [-0.2, 0) is 9.53 Å². The van der Waals surface area contributed by atoms with Gasteiger partial charge in [-0.15, -0.1) is 11.8 Å². The highest BCUT2D eigenvalue weighted by molar-refractivity contribution is 7.99. The SMILES string of the molecule is COc1ccc(O)c(C(=O)OCC(=O)NCCSc2ccccc2)c1. The molecule has 0 bridgehead atoms. The van der Waals surface area contributed by atoms with E-state index in [9.17, 15) is 14.7 Å². The molecule has 25 heavy (non-hydrogen) atoms. The number of esters is 1. The number of hydrogen-bond acceptors (Lipinski definition) is 6. The molecule has 2 aromatic carbocycles. The number of thioether (sulfide) groups is 1. The molecule has 0 aromatic heterocycles. The first-order chi connectivity index (χ1) is 12.1. The van der Waals surface area contributed by atoms with Gasteiger partial charge in [-0.1, -0.05) is 18.2 Å². The van der Waals surface area contributed by atoms with E-state index in [0.717, 1.165) is 4.90 Å². The summed E-state index contributed by atoms with van der Waals surface area (Å²) in [6.45, 7) is 0.0475. The zero-order valence-corrected chi connectivity index (χ0v) is 14.5. The summed E-state index contributed by atoms with van der Waals surface area (Å²) < 4.78 is 9.90. The van der Waals surface area contributed by atoms with Crippen LogP contribution in [0, 0.1) is 0 Å². The predicted molar refractivity (Wildman–Crippen MR) is 95.1 cm³/mol. The fourth-order valence-corrected chi connectivity index (χ4v) is 2.73. The number of carbonyl (C=O) groups excluding carboxylic acids is 2. The van der Waals surface area contributed by atoms with Crippen LogP contribution >= 0.6 is 11.8 Å². The Morgan fingerprint density at radius 3 is 2.64 bits per heavy atom. The van der Waals surface area contributed by atoms with E-state index >= 15 is 0 Å². The monoisotopic (exact) mass is 361 g/mol. The second-order valence-electron chi connectivity index (χ2n) is 4.97. The summed E-state index contributed by atoms with van der Waals surface area (Å²) in [5.74, 6) is -0.299. The number of rotatable bonds is 8. The maximum Gasteiger partial charge on any atom is 0.342 e. The second-order valence-corrected chi connectivity index (χ2v) is 6.14. The summed E-state index contributed by atoms with van der Waals surface area (Å²) in [6, 6.07) is 14.0. The molecule has 0 aliphatic rings. The largest absolute Gasteiger partial charge is 0.507 e. The van der Waals surface area contributed by atoms with Gasteiger partial charge in [0, 0.05) is 17.2 Å². The van der Waals surface area contributed by atoms with Crippen molar-refractivity contribution in [2.24, 2.45) is 0 Å². The third kappa shape index (κ3) is 6.04. The molecule has 0 aliphatic heterocycles. The van der Waals surface area contributed by atoms with E-state index in [0.29, 0.717) is 18.0 Å². The van der Waals surface area contributed by atoms with Crippen molar-refractivity contribution < 1.29 is 24.2 Å². The molecular weight excluding hydrogens is 342 g/mol. The van der Waals surface area contributed by atoms with E-state index in [-0.39, 0.29) is 11.3 Å². The zero-order chi connectivity index (χ0) is 18.1.